The summed E-state index contributed by atoms with van der Waals surface area (Å²) in [6, 6.07) is 11.3. The summed E-state index contributed by atoms with van der Waals surface area (Å²) in [5.41, 5.74) is 4.25. The molecule has 4 rings (SSSR count). The van der Waals surface area contributed by atoms with Crippen LogP contribution in [-0.4, -0.2) is 24.0 Å². The highest BCUT2D eigenvalue weighted by atomic mass is 16.3. The van der Waals surface area contributed by atoms with Crippen LogP contribution in [0.3, 0.4) is 0 Å². The minimum atomic E-state index is -0.332. The molecule has 0 unspecified atom stereocenters. The van der Waals surface area contributed by atoms with Gasteiger partial charge in [-0.25, -0.2) is 4.79 Å². The SMILES string of the molecule is C=C(C)c1cn(-c2ccccc2C)c(=O)c2cc(C)c(-n3nc(CO)n(CC)c3=O)cc12. The predicted molar refractivity (Wildman–Crippen MR) is 127 cm³/mol. The number of aliphatic hydroxyl groups excluding tert-OH is 1. The zero-order valence-electron chi connectivity index (χ0n) is 18.7. The lowest BCUT2D eigenvalue weighted by Crippen LogP contribution is -2.25. The molecule has 2 aromatic carbocycles. The topological polar surface area (TPSA) is 82.0 Å². The summed E-state index contributed by atoms with van der Waals surface area (Å²) in [6.07, 6.45) is 1.81. The van der Waals surface area contributed by atoms with Gasteiger partial charge in [0.2, 0.25) is 0 Å². The lowest BCUT2D eigenvalue weighted by atomic mass is 9.99. The van der Waals surface area contributed by atoms with Crippen molar-refractivity contribution in [1.29, 1.82) is 0 Å². The third-order valence-corrected chi connectivity index (χ3v) is 5.79. The fourth-order valence-corrected chi connectivity index (χ4v) is 4.09. The van der Waals surface area contributed by atoms with E-state index in [4.69, 9.17) is 0 Å². The van der Waals surface area contributed by atoms with Gasteiger partial charge < -0.3 is 5.11 Å². The molecule has 0 atom stereocenters. The quantitative estimate of drug-likeness (QED) is 0.525. The van der Waals surface area contributed by atoms with Gasteiger partial charge in [0.05, 0.1) is 11.4 Å². The number of aromatic nitrogens is 4. The van der Waals surface area contributed by atoms with Gasteiger partial charge in [-0.05, 0) is 68.0 Å². The Morgan fingerprint density at radius 2 is 1.78 bits per heavy atom. The number of rotatable bonds is 5. The Kier molecular flexibility index (Phi) is 5.44. The molecule has 2 heterocycles. The molecule has 0 fully saturated rings. The van der Waals surface area contributed by atoms with E-state index in [9.17, 15) is 14.7 Å². The van der Waals surface area contributed by atoms with E-state index < -0.39 is 0 Å². The maximum Gasteiger partial charge on any atom is 0.350 e. The third kappa shape index (κ3) is 3.31. The minimum absolute atomic E-state index is 0.142. The smallest absolute Gasteiger partial charge is 0.350 e. The lowest BCUT2D eigenvalue weighted by molar-refractivity contribution is 0.264. The normalized spacial score (nSPS) is 11.3. The summed E-state index contributed by atoms with van der Waals surface area (Å²) in [4.78, 5) is 26.4. The molecule has 7 nitrogen and oxygen atoms in total. The van der Waals surface area contributed by atoms with Crippen molar-refractivity contribution < 1.29 is 5.11 Å². The summed E-state index contributed by atoms with van der Waals surface area (Å²) in [5, 5.41) is 15.2. The standard InChI is InChI=1S/C25H26N4O3/c1-6-27-23(14-30)26-29(25(27)32)22-12-18-19(11-17(22)5)24(31)28(13-20(18)15(2)3)21-10-8-7-9-16(21)4/h7-13,30H,2,6,14H2,1,3-5H3. The summed E-state index contributed by atoms with van der Waals surface area (Å²) in [6.45, 7) is 11.7. The van der Waals surface area contributed by atoms with E-state index in [1.165, 1.54) is 9.25 Å². The van der Waals surface area contributed by atoms with E-state index >= 15 is 0 Å². The average molecular weight is 431 g/mol. The van der Waals surface area contributed by atoms with Gasteiger partial charge in [0.25, 0.3) is 5.56 Å². The second kappa shape index (κ2) is 8.09. The summed E-state index contributed by atoms with van der Waals surface area (Å²) < 4.78 is 4.38. The van der Waals surface area contributed by atoms with Crippen LogP contribution in [0, 0.1) is 13.8 Å². The van der Waals surface area contributed by atoms with Gasteiger partial charge >= 0.3 is 5.69 Å². The molecule has 0 aliphatic heterocycles. The van der Waals surface area contributed by atoms with E-state index in [0.29, 0.717) is 28.8 Å². The van der Waals surface area contributed by atoms with Crippen LogP contribution < -0.4 is 11.2 Å². The van der Waals surface area contributed by atoms with Crippen molar-refractivity contribution in [2.45, 2.75) is 40.8 Å². The van der Waals surface area contributed by atoms with Crippen LogP contribution in [0.5, 0.6) is 0 Å². The Hall–Kier alpha value is -3.71. The number of para-hydroxylation sites is 1. The molecule has 0 aliphatic rings. The Labute approximate surface area is 185 Å². The van der Waals surface area contributed by atoms with Crippen LogP contribution in [0.15, 0.2) is 58.8 Å². The molecule has 1 N–H and O–H groups in total. The van der Waals surface area contributed by atoms with Crippen LogP contribution in [0.1, 0.15) is 36.4 Å². The Balaban J connectivity index is 2.07. The van der Waals surface area contributed by atoms with Crippen LogP contribution in [0.25, 0.3) is 27.7 Å². The van der Waals surface area contributed by atoms with Gasteiger partial charge in [-0.2, -0.15) is 4.68 Å². The molecular formula is C25H26N4O3. The van der Waals surface area contributed by atoms with Gasteiger partial charge in [-0.1, -0.05) is 24.8 Å². The second-order valence-electron chi connectivity index (χ2n) is 7.98. The van der Waals surface area contributed by atoms with E-state index in [0.717, 1.165) is 28.0 Å². The van der Waals surface area contributed by atoms with Crippen LogP contribution in [0.2, 0.25) is 0 Å². The number of hydrogen-bond donors (Lipinski definition) is 1. The molecule has 7 heteroatoms. The molecule has 0 radical (unpaired) electrons. The molecule has 4 aromatic rings. The van der Waals surface area contributed by atoms with Crippen LogP contribution >= 0.6 is 0 Å². The first-order chi connectivity index (χ1) is 15.3. The monoisotopic (exact) mass is 430 g/mol. The van der Waals surface area contributed by atoms with Gasteiger partial charge in [-0.3, -0.25) is 13.9 Å². The number of allylic oxidation sites excluding steroid dienone is 1. The van der Waals surface area contributed by atoms with Crippen LogP contribution in [-0.2, 0) is 13.2 Å². The van der Waals surface area contributed by atoms with Gasteiger partial charge in [0, 0.05) is 23.7 Å². The van der Waals surface area contributed by atoms with Crippen molar-refractivity contribution in [2.24, 2.45) is 0 Å². The van der Waals surface area contributed by atoms with Crippen molar-refractivity contribution in [1.82, 2.24) is 18.9 Å². The number of fused-ring (bicyclic) bond motifs is 1. The summed E-state index contributed by atoms with van der Waals surface area (Å²) >= 11 is 0. The number of aryl methyl sites for hydroxylation is 2. The minimum Gasteiger partial charge on any atom is -0.388 e. The van der Waals surface area contributed by atoms with Crippen molar-refractivity contribution in [3.05, 3.63) is 92.5 Å². The fraction of sp³-hybridized carbons (Fsp3) is 0.240. The van der Waals surface area contributed by atoms with Crippen molar-refractivity contribution in [2.75, 3.05) is 0 Å². The largest absolute Gasteiger partial charge is 0.388 e. The van der Waals surface area contributed by atoms with E-state index in [1.54, 1.807) is 16.8 Å². The molecule has 0 aliphatic carbocycles. The first kappa shape index (κ1) is 21.5. The first-order valence-electron chi connectivity index (χ1n) is 10.5. The third-order valence-electron chi connectivity index (χ3n) is 5.79. The number of benzene rings is 2. The predicted octanol–water partition coefficient (Wildman–Crippen LogP) is 3.50. The highest BCUT2D eigenvalue weighted by molar-refractivity contribution is 5.94. The first-order valence-corrected chi connectivity index (χ1v) is 10.5. The number of aliphatic hydroxyl groups is 1. The zero-order chi connectivity index (χ0) is 23.2. The fourth-order valence-electron chi connectivity index (χ4n) is 4.09. The maximum absolute atomic E-state index is 13.5. The van der Waals surface area contributed by atoms with Crippen LogP contribution in [0.4, 0.5) is 0 Å². The zero-order valence-corrected chi connectivity index (χ0v) is 18.7. The Morgan fingerprint density at radius 1 is 1.06 bits per heavy atom. The van der Waals surface area contributed by atoms with Gasteiger partial charge in [0.15, 0.2) is 5.82 Å². The van der Waals surface area contributed by atoms with Gasteiger partial charge in [-0.15, -0.1) is 5.10 Å². The number of hydrogen-bond acceptors (Lipinski definition) is 4. The average Bonchev–Trinajstić information content (AvgIpc) is 3.09. The van der Waals surface area contributed by atoms with Crippen molar-refractivity contribution >= 4 is 16.3 Å². The molecule has 0 bridgehead atoms. The maximum atomic E-state index is 13.5. The number of pyridine rings is 1. The Bertz CT molecular complexity index is 1490. The van der Waals surface area contributed by atoms with E-state index in [1.807, 2.05) is 58.0 Å². The second-order valence-corrected chi connectivity index (χ2v) is 7.98. The Morgan fingerprint density at radius 3 is 2.38 bits per heavy atom. The summed E-state index contributed by atoms with van der Waals surface area (Å²) in [5.74, 6) is 0.298. The van der Waals surface area contributed by atoms with E-state index in [2.05, 4.69) is 11.7 Å². The highest BCUT2D eigenvalue weighted by Gasteiger charge is 2.18. The molecule has 164 valence electrons. The highest BCUT2D eigenvalue weighted by Crippen LogP contribution is 2.27. The van der Waals surface area contributed by atoms with Gasteiger partial charge in [0.1, 0.15) is 6.61 Å². The molecule has 0 saturated heterocycles. The number of nitrogens with zero attached hydrogens (tertiary/aromatic N) is 4. The lowest BCUT2D eigenvalue weighted by Gasteiger charge is -2.16. The van der Waals surface area contributed by atoms with Crippen molar-refractivity contribution in [3.63, 3.8) is 0 Å². The molecule has 0 spiro atoms. The molecule has 2 aromatic heterocycles. The molecular weight excluding hydrogens is 404 g/mol. The molecule has 32 heavy (non-hydrogen) atoms. The van der Waals surface area contributed by atoms with E-state index in [-0.39, 0.29) is 17.9 Å². The molecule has 0 amide bonds. The molecule has 0 saturated carbocycles. The summed E-state index contributed by atoms with van der Waals surface area (Å²) in [7, 11) is 0. The van der Waals surface area contributed by atoms with Crippen molar-refractivity contribution in [3.8, 4) is 11.4 Å².